The van der Waals surface area contributed by atoms with Gasteiger partial charge in [0, 0.05) is 20.7 Å². The lowest BCUT2D eigenvalue weighted by atomic mass is 10.2. The zero-order valence-electron chi connectivity index (χ0n) is 11.1. The van der Waals surface area contributed by atoms with Gasteiger partial charge < -0.3 is 4.74 Å². The molecule has 0 aliphatic heterocycles. The highest BCUT2D eigenvalue weighted by atomic mass is 79.9. The van der Waals surface area contributed by atoms with Gasteiger partial charge in [-0.1, -0.05) is 46.3 Å². The van der Waals surface area contributed by atoms with Gasteiger partial charge in [0.15, 0.2) is 0 Å². The van der Waals surface area contributed by atoms with Crippen molar-refractivity contribution in [2.24, 2.45) is 0 Å². The van der Waals surface area contributed by atoms with Crippen molar-refractivity contribution < 1.29 is 9.53 Å². The zero-order valence-corrected chi connectivity index (χ0v) is 13.5. The van der Waals surface area contributed by atoms with E-state index < -0.39 is 0 Å². The Bertz CT molecular complexity index is 602. The van der Waals surface area contributed by atoms with Crippen LogP contribution in [0.4, 0.5) is 0 Å². The quantitative estimate of drug-likeness (QED) is 0.441. The summed E-state index contributed by atoms with van der Waals surface area (Å²) in [6, 6.07) is 14.3. The lowest BCUT2D eigenvalue weighted by Gasteiger charge is -2.02. The number of halogens is 1. The minimum atomic E-state index is -0.265. The number of alkyl halides is 1. The monoisotopic (exact) mass is 350 g/mol. The van der Waals surface area contributed by atoms with E-state index in [1.165, 1.54) is 10.4 Å². The molecule has 1 aromatic heterocycles. The molecule has 0 atom stereocenters. The van der Waals surface area contributed by atoms with Crippen molar-refractivity contribution in [3.05, 3.63) is 52.9 Å². The van der Waals surface area contributed by atoms with Gasteiger partial charge in [0.2, 0.25) is 0 Å². The Labute approximate surface area is 131 Å². The second-order valence-electron chi connectivity index (χ2n) is 4.09. The minimum absolute atomic E-state index is 0.265. The Kier molecular flexibility index (Phi) is 5.56. The number of hydrogen-bond donors (Lipinski definition) is 0. The smallest absolute Gasteiger partial charge is 0.334 e. The third kappa shape index (κ3) is 3.81. The van der Waals surface area contributed by atoms with Gasteiger partial charge in [-0.3, -0.25) is 0 Å². The topological polar surface area (TPSA) is 26.3 Å². The van der Waals surface area contributed by atoms with Gasteiger partial charge in [-0.15, -0.1) is 11.3 Å². The number of rotatable bonds is 5. The molecule has 1 heterocycles. The average Bonchev–Trinajstić information content (AvgIpc) is 2.94. The standard InChI is InChI=1S/C16H15BrO2S/c1-2-19-16(18)13(11-17)10-14-8-9-15(20-14)12-6-4-3-5-7-12/h3-10H,2,11H2,1H3. The van der Waals surface area contributed by atoms with Gasteiger partial charge in [-0.2, -0.15) is 0 Å². The molecule has 104 valence electrons. The molecule has 2 nitrogen and oxygen atoms in total. The van der Waals surface area contributed by atoms with Crippen LogP contribution in [0.15, 0.2) is 48.0 Å². The number of hydrogen-bond acceptors (Lipinski definition) is 3. The second kappa shape index (κ2) is 7.41. The lowest BCUT2D eigenvalue weighted by Crippen LogP contribution is -2.08. The molecule has 0 saturated heterocycles. The van der Waals surface area contributed by atoms with E-state index in [1.54, 1.807) is 11.3 Å². The molecule has 0 saturated carbocycles. The maximum atomic E-state index is 11.7. The van der Waals surface area contributed by atoms with Crippen LogP contribution >= 0.6 is 27.3 Å². The lowest BCUT2D eigenvalue weighted by molar-refractivity contribution is -0.138. The molecule has 0 radical (unpaired) electrons. The molecule has 1 aromatic carbocycles. The van der Waals surface area contributed by atoms with Gasteiger partial charge in [-0.25, -0.2) is 4.79 Å². The van der Waals surface area contributed by atoms with Crippen LogP contribution in [-0.4, -0.2) is 17.9 Å². The largest absolute Gasteiger partial charge is 0.463 e. The molecular weight excluding hydrogens is 336 g/mol. The van der Waals surface area contributed by atoms with Crippen LogP contribution in [0.2, 0.25) is 0 Å². The van der Waals surface area contributed by atoms with E-state index in [-0.39, 0.29) is 5.97 Å². The highest BCUT2D eigenvalue weighted by molar-refractivity contribution is 9.09. The molecule has 0 bridgehead atoms. The summed E-state index contributed by atoms with van der Waals surface area (Å²) in [6.45, 7) is 2.20. The van der Waals surface area contributed by atoms with Crippen molar-refractivity contribution in [2.75, 3.05) is 11.9 Å². The molecule has 0 N–H and O–H groups in total. The number of benzene rings is 1. The predicted molar refractivity (Wildman–Crippen MR) is 88.2 cm³/mol. The highest BCUT2D eigenvalue weighted by Crippen LogP contribution is 2.29. The van der Waals surface area contributed by atoms with E-state index in [4.69, 9.17) is 4.74 Å². The number of carbonyl (C=O) groups excluding carboxylic acids is 1. The van der Waals surface area contributed by atoms with Gasteiger partial charge in [0.25, 0.3) is 0 Å². The van der Waals surface area contributed by atoms with Crippen molar-refractivity contribution >= 4 is 39.3 Å². The molecule has 4 heteroatoms. The summed E-state index contributed by atoms with van der Waals surface area (Å²) in [6.07, 6.45) is 1.88. The first kappa shape index (κ1) is 15.0. The summed E-state index contributed by atoms with van der Waals surface area (Å²) < 4.78 is 5.03. The van der Waals surface area contributed by atoms with E-state index in [0.717, 1.165) is 4.88 Å². The number of esters is 1. The fourth-order valence-electron chi connectivity index (χ4n) is 1.74. The summed E-state index contributed by atoms with van der Waals surface area (Å²) in [5, 5.41) is 0.490. The van der Waals surface area contributed by atoms with Crippen LogP contribution in [0, 0.1) is 0 Å². The Morgan fingerprint density at radius 1 is 1.25 bits per heavy atom. The van der Waals surface area contributed by atoms with Crippen molar-refractivity contribution in [1.82, 2.24) is 0 Å². The van der Waals surface area contributed by atoms with Gasteiger partial charge >= 0.3 is 5.97 Å². The van der Waals surface area contributed by atoms with E-state index >= 15 is 0 Å². The SMILES string of the molecule is CCOC(=O)C(=Cc1ccc(-c2ccccc2)s1)CBr. The molecule has 2 aromatic rings. The van der Waals surface area contributed by atoms with Crippen molar-refractivity contribution in [2.45, 2.75) is 6.92 Å². The molecular formula is C16H15BrO2S. The van der Waals surface area contributed by atoms with Crippen molar-refractivity contribution in [3.8, 4) is 10.4 Å². The molecule has 0 aliphatic rings. The van der Waals surface area contributed by atoms with E-state index in [0.29, 0.717) is 17.5 Å². The number of ether oxygens (including phenoxy) is 1. The number of thiophene rings is 1. The third-order valence-corrected chi connectivity index (χ3v) is 4.37. The maximum Gasteiger partial charge on any atom is 0.334 e. The molecule has 0 spiro atoms. The van der Waals surface area contributed by atoms with Crippen molar-refractivity contribution in [1.29, 1.82) is 0 Å². The van der Waals surface area contributed by atoms with Crippen LogP contribution in [-0.2, 0) is 9.53 Å². The van der Waals surface area contributed by atoms with Gasteiger partial charge in [0.05, 0.1) is 6.61 Å². The summed E-state index contributed by atoms with van der Waals surface area (Å²) in [5.41, 5.74) is 1.82. The van der Waals surface area contributed by atoms with E-state index in [9.17, 15) is 4.79 Å². The highest BCUT2D eigenvalue weighted by Gasteiger charge is 2.10. The van der Waals surface area contributed by atoms with E-state index in [2.05, 4.69) is 34.1 Å². The Morgan fingerprint density at radius 3 is 2.65 bits per heavy atom. The minimum Gasteiger partial charge on any atom is -0.463 e. The van der Waals surface area contributed by atoms with Gasteiger partial charge in [0.1, 0.15) is 0 Å². The Balaban J connectivity index is 2.22. The van der Waals surface area contributed by atoms with Crippen LogP contribution in [0.1, 0.15) is 11.8 Å². The van der Waals surface area contributed by atoms with E-state index in [1.807, 2.05) is 37.3 Å². The summed E-state index contributed by atoms with van der Waals surface area (Å²) in [5.74, 6) is -0.265. The molecule has 0 aliphatic carbocycles. The first-order valence-corrected chi connectivity index (χ1v) is 8.27. The summed E-state index contributed by atoms with van der Waals surface area (Å²) in [4.78, 5) is 14.0. The van der Waals surface area contributed by atoms with Crippen LogP contribution in [0.3, 0.4) is 0 Å². The first-order valence-electron chi connectivity index (χ1n) is 6.33. The normalized spacial score (nSPS) is 11.4. The molecule has 20 heavy (non-hydrogen) atoms. The summed E-state index contributed by atoms with van der Waals surface area (Å²) >= 11 is 4.99. The van der Waals surface area contributed by atoms with Crippen LogP contribution < -0.4 is 0 Å². The fourth-order valence-corrected chi connectivity index (χ4v) is 3.11. The van der Waals surface area contributed by atoms with Gasteiger partial charge in [-0.05, 0) is 30.7 Å². The van der Waals surface area contributed by atoms with Crippen LogP contribution in [0.25, 0.3) is 16.5 Å². The molecule has 0 unspecified atom stereocenters. The average molecular weight is 351 g/mol. The molecule has 2 rings (SSSR count). The van der Waals surface area contributed by atoms with Crippen LogP contribution in [0.5, 0.6) is 0 Å². The second-order valence-corrected chi connectivity index (χ2v) is 5.77. The fraction of sp³-hybridized carbons (Fsp3) is 0.188. The Morgan fingerprint density at radius 2 is 2.00 bits per heavy atom. The maximum absolute atomic E-state index is 11.7. The summed E-state index contributed by atoms with van der Waals surface area (Å²) in [7, 11) is 0. The van der Waals surface area contributed by atoms with Crippen molar-refractivity contribution in [3.63, 3.8) is 0 Å². The number of carbonyl (C=O) groups is 1. The third-order valence-electron chi connectivity index (χ3n) is 2.68. The molecule has 0 amide bonds. The first-order chi connectivity index (χ1) is 9.74. The Hall–Kier alpha value is -1.39. The molecule has 0 fully saturated rings. The zero-order chi connectivity index (χ0) is 14.4. The predicted octanol–water partition coefficient (Wildman–Crippen LogP) is 4.76.